The summed E-state index contributed by atoms with van der Waals surface area (Å²) in [6, 6.07) is 8.49. The van der Waals surface area contributed by atoms with Gasteiger partial charge >= 0.3 is 0 Å². The van der Waals surface area contributed by atoms with E-state index in [1.54, 1.807) is 6.20 Å². The van der Waals surface area contributed by atoms with Crippen LogP contribution in [0.1, 0.15) is 27.7 Å². The third-order valence-corrected chi connectivity index (χ3v) is 5.00. The molecule has 2 aromatic rings. The normalized spacial score (nSPS) is 14.7. The summed E-state index contributed by atoms with van der Waals surface area (Å²) in [5, 5.41) is 3.96. The van der Waals surface area contributed by atoms with Gasteiger partial charge in [-0.05, 0) is 37.3 Å². The molecule has 1 saturated heterocycles. The lowest BCUT2D eigenvalue weighted by Gasteiger charge is -2.39. The van der Waals surface area contributed by atoms with Gasteiger partial charge in [-0.15, -0.1) is 0 Å². The van der Waals surface area contributed by atoms with Crippen LogP contribution in [0.4, 0.5) is 5.13 Å². The van der Waals surface area contributed by atoms with Crippen molar-refractivity contribution in [2.75, 3.05) is 25.0 Å². The molecule has 0 spiro atoms. The van der Waals surface area contributed by atoms with Gasteiger partial charge < -0.3 is 10.2 Å². The predicted molar refractivity (Wildman–Crippen MR) is 90.6 cm³/mol. The van der Waals surface area contributed by atoms with Gasteiger partial charge in [-0.2, -0.15) is 0 Å². The molecule has 0 radical (unpaired) electrons. The Labute approximate surface area is 135 Å². The van der Waals surface area contributed by atoms with Crippen LogP contribution in [0.15, 0.2) is 30.5 Å². The molecule has 5 heteroatoms. The summed E-state index contributed by atoms with van der Waals surface area (Å²) in [5.74, 6) is 0.689. The Kier molecular flexibility index (Phi) is 4.43. The SMILES string of the molecule is CCNc1ncc(C(=O)N2CC(Cc3ccccc3C)C2)s1. The van der Waals surface area contributed by atoms with Crippen molar-refractivity contribution in [3.63, 3.8) is 0 Å². The van der Waals surface area contributed by atoms with Crippen LogP contribution in [-0.2, 0) is 6.42 Å². The third kappa shape index (κ3) is 3.14. The van der Waals surface area contributed by atoms with Gasteiger partial charge in [-0.3, -0.25) is 4.79 Å². The van der Waals surface area contributed by atoms with Crippen LogP contribution in [-0.4, -0.2) is 35.4 Å². The highest BCUT2D eigenvalue weighted by Gasteiger charge is 2.32. The van der Waals surface area contributed by atoms with Gasteiger partial charge in [0.25, 0.3) is 5.91 Å². The zero-order chi connectivity index (χ0) is 15.5. The Hall–Kier alpha value is -1.88. The van der Waals surface area contributed by atoms with E-state index < -0.39 is 0 Å². The number of hydrogen-bond donors (Lipinski definition) is 1. The lowest BCUT2D eigenvalue weighted by Crippen LogP contribution is -2.50. The zero-order valence-electron chi connectivity index (χ0n) is 13.0. The maximum Gasteiger partial charge on any atom is 0.265 e. The highest BCUT2D eigenvalue weighted by atomic mass is 32.1. The number of likely N-dealkylation sites (tertiary alicyclic amines) is 1. The predicted octanol–water partition coefficient (Wildman–Crippen LogP) is 3.20. The van der Waals surface area contributed by atoms with Gasteiger partial charge in [0.05, 0.1) is 6.20 Å². The molecule has 4 nitrogen and oxygen atoms in total. The van der Waals surface area contributed by atoms with Crippen LogP contribution in [0.3, 0.4) is 0 Å². The molecule has 1 N–H and O–H groups in total. The molecule has 22 heavy (non-hydrogen) atoms. The van der Waals surface area contributed by atoms with E-state index in [-0.39, 0.29) is 5.91 Å². The van der Waals surface area contributed by atoms with Crippen molar-refractivity contribution in [1.29, 1.82) is 0 Å². The Morgan fingerprint density at radius 3 is 2.91 bits per heavy atom. The molecular weight excluding hydrogens is 294 g/mol. The molecule has 1 amide bonds. The molecule has 1 aliphatic heterocycles. The van der Waals surface area contributed by atoms with Crippen molar-refractivity contribution in [3.05, 3.63) is 46.5 Å². The smallest absolute Gasteiger partial charge is 0.265 e. The first kappa shape index (κ1) is 15.0. The van der Waals surface area contributed by atoms with Crippen molar-refractivity contribution >= 4 is 22.4 Å². The van der Waals surface area contributed by atoms with Crippen LogP contribution >= 0.6 is 11.3 Å². The molecule has 0 saturated carbocycles. The number of aryl methyl sites for hydroxylation is 1. The van der Waals surface area contributed by atoms with Gasteiger partial charge in [0, 0.05) is 19.6 Å². The van der Waals surface area contributed by atoms with E-state index in [0.717, 1.165) is 36.1 Å². The fourth-order valence-corrected chi connectivity index (χ4v) is 3.63. The number of rotatable bonds is 5. The van der Waals surface area contributed by atoms with Crippen molar-refractivity contribution < 1.29 is 4.79 Å². The van der Waals surface area contributed by atoms with E-state index in [0.29, 0.717) is 5.92 Å². The minimum absolute atomic E-state index is 0.114. The molecule has 3 rings (SSSR count). The number of thiazole rings is 1. The Balaban J connectivity index is 1.54. The van der Waals surface area contributed by atoms with Crippen molar-refractivity contribution in [1.82, 2.24) is 9.88 Å². The first-order chi connectivity index (χ1) is 10.7. The molecule has 1 aromatic carbocycles. The molecule has 2 heterocycles. The summed E-state index contributed by atoms with van der Waals surface area (Å²) < 4.78 is 0. The van der Waals surface area contributed by atoms with E-state index >= 15 is 0 Å². The van der Waals surface area contributed by atoms with Crippen molar-refractivity contribution in [3.8, 4) is 0 Å². The molecule has 1 aromatic heterocycles. The number of hydrogen-bond acceptors (Lipinski definition) is 4. The number of aromatic nitrogens is 1. The summed E-state index contributed by atoms with van der Waals surface area (Å²) in [7, 11) is 0. The highest BCUT2D eigenvalue weighted by molar-refractivity contribution is 7.17. The maximum atomic E-state index is 12.4. The molecular formula is C17H21N3OS. The highest BCUT2D eigenvalue weighted by Crippen LogP contribution is 2.26. The summed E-state index contributed by atoms with van der Waals surface area (Å²) in [6.45, 7) is 6.69. The van der Waals surface area contributed by atoms with Crippen molar-refractivity contribution in [2.45, 2.75) is 20.3 Å². The molecule has 0 aliphatic carbocycles. The largest absolute Gasteiger partial charge is 0.362 e. The average molecular weight is 315 g/mol. The van der Waals surface area contributed by atoms with Gasteiger partial charge in [0.1, 0.15) is 4.88 Å². The maximum absolute atomic E-state index is 12.4. The summed E-state index contributed by atoms with van der Waals surface area (Å²) in [6.07, 6.45) is 2.74. The van der Waals surface area contributed by atoms with Crippen molar-refractivity contribution in [2.24, 2.45) is 5.92 Å². The zero-order valence-corrected chi connectivity index (χ0v) is 13.8. The fraction of sp³-hybridized carbons (Fsp3) is 0.412. The second-order valence-electron chi connectivity index (χ2n) is 5.77. The van der Waals surface area contributed by atoms with Gasteiger partial charge in [-0.25, -0.2) is 4.98 Å². The minimum Gasteiger partial charge on any atom is -0.362 e. The topological polar surface area (TPSA) is 45.2 Å². The Bertz CT molecular complexity index is 661. The van der Waals surface area contributed by atoms with Gasteiger partial charge in [-0.1, -0.05) is 35.6 Å². The standard InChI is InChI=1S/C17H21N3OS/c1-3-18-17-19-9-15(22-17)16(21)20-10-13(11-20)8-14-7-5-4-6-12(14)2/h4-7,9,13H,3,8,10-11H2,1-2H3,(H,18,19). The van der Waals surface area contributed by atoms with Crippen LogP contribution in [0, 0.1) is 12.8 Å². The fourth-order valence-electron chi connectivity index (χ4n) is 2.78. The van der Waals surface area contributed by atoms with E-state index in [9.17, 15) is 4.79 Å². The second kappa shape index (κ2) is 6.48. The molecule has 1 fully saturated rings. The minimum atomic E-state index is 0.114. The van der Waals surface area contributed by atoms with Crippen LogP contribution in [0.25, 0.3) is 0 Å². The summed E-state index contributed by atoms with van der Waals surface area (Å²) >= 11 is 1.44. The lowest BCUT2D eigenvalue weighted by atomic mass is 9.90. The quantitative estimate of drug-likeness (QED) is 0.921. The third-order valence-electron chi connectivity index (χ3n) is 4.06. The molecule has 0 atom stereocenters. The number of carbonyl (C=O) groups is 1. The molecule has 0 unspecified atom stereocenters. The number of anilines is 1. The van der Waals surface area contributed by atoms with E-state index in [4.69, 9.17) is 0 Å². The first-order valence-corrected chi connectivity index (χ1v) is 8.52. The van der Waals surface area contributed by atoms with Crippen LogP contribution in [0.5, 0.6) is 0 Å². The lowest BCUT2D eigenvalue weighted by molar-refractivity contribution is 0.0506. The number of nitrogens with zero attached hydrogens (tertiary/aromatic N) is 2. The van der Waals surface area contributed by atoms with Crippen LogP contribution in [0.2, 0.25) is 0 Å². The average Bonchev–Trinajstić information content (AvgIpc) is 2.92. The van der Waals surface area contributed by atoms with Gasteiger partial charge in [0.15, 0.2) is 5.13 Å². The number of carbonyl (C=O) groups excluding carboxylic acids is 1. The first-order valence-electron chi connectivity index (χ1n) is 7.71. The molecule has 0 bridgehead atoms. The van der Waals surface area contributed by atoms with E-state index in [1.807, 2.05) is 11.8 Å². The molecule has 116 valence electrons. The number of nitrogens with one attached hydrogen (secondary N) is 1. The van der Waals surface area contributed by atoms with E-state index in [1.165, 1.54) is 22.5 Å². The second-order valence-corrected chi connectivity index (χ2v) is 6.80. The Morgan fingerprint density at radius 1 is 1.41 bits per heavy atom. The van der Waals surface area contributed by atoms with Crippen LogP contribution < -0.4 is 5.32 Å². The van der Waals surface area contributed by atoms with Gasteiger partial charge in [0.2, 0.25) is 0 Å². The summed E-state index contributed by atoms with van der Waals surface area (Å²) in [5.41, 5.74) is 2.73. The van der Waals surface area contributed by atoms with E-state index in [2.05, 4.69) is 41.5 Å². The Morgan fingerprint density at radius 2 is 2.18 bits per heavy atom. The monoisotopic (exact) mass is 315 g/mol. The number of benzene rings is 1. The summed E-state index contributed by atoms with van der Waals surface area (Å²) in [4.78, 5) is 19.3. The molecule has 1 aliphatic rings. The number of amides is 1.